The summed E-state index contributed by atoms with van der Waals surface area (Å²) < 4.78 is 9.16. The van der Waals surface area contributed by atoms with Gasteiger partial charge in [0.2, 0.25) is 0 Å². The molecule has 0 radical (unpaired) electrons. The van der Waals surface area contributed by atoms with Crippen LogP contribution >= 0.6 is 0 Å². The molecule has 0 bridgehead atoms. The summed E-state index contributed by atoms with van der Waals surface area (Å²) in [5, 5.41) is 0. The highest BCUT2D eigenvalue weighted by atomic mass is 16.5. The molecule has 5 nitrogen and oxygen atoms in total. The number of rotatable bonds is 3. The van der Waals surface area contributed by atoms with E-state index in [2.05, 4.69) is 9.47 Å². The second-order valence-corrected chi connectivity index (χ2v) is 3.96. The zero-order valence-electron chi connectivity index (χ0n) is 9.58. The van der Waals surface area contributed by atoms with Crippen molar-refractivity contribution in [2.45, 2.75) is 32.1 Å². The van der Waals surface area contributed by atoms with Gasteiger partial charge in [0.1, 0.15) is 5.41 Å². The smallest absolute Gasteiger partial charge is 0.319 e. The zero-order chi connectivity index (χ0) is 12.2. The first-order valence-corrected chi connectivity index (χ1v) is 5.25. The number of Topliss-reactive ketones (excluding diaryl/α,β-unsaturated/α-hetero) is 1. The third-order valence-electron chi connectivity index (χ3n) is 3.04. The minimum absolute atomic E-state index is 0.212. The Morgan fingerprint density at radius 1 is 1.25 bits per heavy atom. The van der Waals surface area contributed by atoms with E-state index in [0.717, 1.165) is 12.8 Å². The van der Waals surface area contributed by atoms with Gasteiger partial charge in [-0.1, -0.05) is 6.42 Å². The summed E-state index contributed by atoms with van der Waals surface area (Å²) in [5.74, 6) is -1.39. The normalized spacial score (nSPS) is 25.0. The quantitative estimate of drug-likeness (QED) is 0.529. The van der Waals surface area contributed by atoms with Crippen LogP contribution < -0.4 is 0 Å². The average Bonchev–Trinajstić information content (AvgIpc) is 2.30. The van der Waals surface area contributed by atoms with E-state index in [0.29, 0.717) is 12.8 Å². The Hall–Kier alpha value is -1.39. The Kier molecular flexibility index (Phi) is 4.04. The predicted molar refractivity (Wildman–Crippen MR) is 54.6 cm³/mol. The molecule has 1 aliphatic rings. The third-order valence-corrected chi connectivity index (χ3v) is 3.04. The standard InChI is InChI=1S/C11H16O5/c1-15-9(13)7-11(10(14)16-2)6-4-3-5-8(11)12/h3-7H2,1-2H3/t11-/m0/s1. The monoisotopic (exact) mass is 228 g/mol. The van der Waals surface area contributed by atoms with E-state index in [1.807, 2.05) is 0 Å². The molecule has 0 aliphatic heterocycles. The Morgan fingerprint density at radius 3 is 2.44 bits per heavy atom. The molecular formula is C11H16O5. The van der Waals surface area contributed by atoms with Gasteiger partial charge in [0.15, 0.2) is 5.78 Å². The summed E-state index contributed by atoms with van der Waals surface area (Å²) in [6.45, 7) is 0. The van der Waals surface area contributed by atoms with Crippen molar-refractivity contribution in [3.63, 3.8) is 0 Å². The molecule has 0 spiro atoms. The molecule has 90 valence electrons. The molecule has 16 heavy (non-hydrogen) atoms. The average molecular weight is 228 g/mol. The van der Waals surface area contributed by atoms with Crippen molar-refractivity contribution in [1.82, 2.24) is 0 Å². The van der Waals surface area contributed by atoms with Crippen LogP contribution in [0.3, 0.4) is 0 Å². The van der Waals surface area contributed by atoms with Gasteiger partial charge in [-0.2, -0.15) is 0 Å². The van der Waals surface area contributed by atoms with Crippen molar-refractivity contribution in [3.05, 3.63) is 0 Å². The van der Waals surface area contributed by atoms with Gasteiger partial charge < -0.3 is 9.47 Å². The first kappa shape index (κ1) is 12.7. The third kappa shape index (κ3) is 2.23. The molecule has 0 unspecified atom stereocenters. The van der Waals surface area contributed by atoms with E-state index in [4.69, 9.17) is 0 Å². The van der Waals surface area contributed by atoms with Crippen LogP contribution in [0.1, 0.15) is 32.1 Å². The summed E-state index contributed by atoms with van der Waals surface area (Å²) in [5.41, 5.74) is -1.31. The van der Waals surface area contributed by atoms with Gasteiger partial charge in [-0.15, -0.1) is 0 Å². The van der Waals surface area contributed by atoms with Crippen molar-refractivity contribution in [3.8, 4) is 0 Å². The number of esters is 2. The molecule has 5 heteroatoms. The van der Waals surface area contributed by atoms with Crippen LogP contribution in [0.15, 0.2) is 0 Å². The van der Waals surface area contributed by atoms with E-state index in [1.165, 1.54) is 14.2 Å². The SMILES string of the molecule is COC(=O)C[C@@]1(C(=O)OC)CCCCC1=O. The number of ether oxygens (including phenoxy) is 2. The number of hydrogen-bond acceptors (Lipinski definition) is 5. The minimum atomic E-state index is -1.31. The highest BCUT2D eigenvalue weighted by molar-refractivity contribution is 6.06. The van der Waals surface area contributed by atoms with E-state index >= 15 is 0 Å². The van der Waals surface area contributed by atoms with Gasteiger partial charge in [-0.05, 0) is 12.8 Å². The zero-order valence-corrected chi connectivity index (χ0v) is 9.58. The molecule has 0 amide bonds. The van der Waals surface area contributed by atoms with E-state index in [9.17, 15) is 14.4 Å². The topological polar surface area (TPSA) is 69.7 Å². The highest BCUT2D eigenvalue weighted by Gasteiger charge is 2.49. The van der Waals surface area contributed by atoms with Gasteiger partial charge in [0.05, 0.1) is 20.6 Å². The van der Waals surface area contributed by atoms with E-state index < -0.39 is 17.4 Å². The van der Waals surface area contributed by atoms with Crippen molar-refractivity contribution >= 4 is 17.7 Å². The minimum Gasteiger partial charge on any atom is -0.469 e. The van der Waals surface area contributed by atoms with Gasteiger partial charge in [0, 0.05) is 6.42 Å². The lowest BCUT2D eigenvalue weighted by atomic mass is 9.71. The molecule has 0 N–H and O–H groups in total. The number of carbonyl (C=O) groups is 3. The lowest BCUT2D eigenvalue weighted by Crippen LogP contribution is -2.44. The van der Waals surface area contributed by atoms with Crippen LogP contribution in [0, 0.1) is 5.41 Å². The molecule has 1 atom stereocenters. The Bertz CT molecular complexity index is 299. The Morgan fingerprint density at radius 2 is 1.94 bits per heavy atom. The lowest BCUT2D eigenvalue weighted by Gasteiger charge is -2.31. The van der Waals surface area contributed by atoms with E-state index in [1.54, 1.807) is 0 Å². The van der Waals surface area contributed by atoms with Crippen LogP contribution in [0.2, 0.25) is 0 Å². The molecule has 1 fully saturated rings. The van der Waals surface area contributed by atoms with Crippen molar-refractivity contribution < 1.29 is 23.9 Å². The highest BCUT2D eigenvalue weighted by Crippen LogP contribution is 2.37. The molecule has 1 aliphatic carbocycles. The first-order chi connectivity index (χ1) is 7.56. The second kappa shape index (κ2) is 5.09. The maximum atomic E-state index is 11.9. The molecule has 0 saturated heterocycles. The fourth-order valence-electron chi connectivity index (χ4n) is 2.08. The Balaban J connectivity index is 2.95. The van der Waals surface area contributed by atoms with Gasteiger partial charge in [-0.3, -0.25) is 14.4 Å². The number of methoxy groups -OCH3 is 2. The van der Waals surface area contributed by atoms with Crippen LogP contribution in [-0.4, -0.2) is 31.9 Å². The van der Waals surface area contributed by atoms with Crippen molar-refractivity contribution in [1.29, 1.82) is 0 Å². The van der Waals surface area contributed by atoms with Crippen LogP contribution in [0.25, 0.3) is 0 Å². The van der Waals surface area contributed by atoms with Gasteiger partial charge in [0.25, 0.3) is 0 Å². The molecule has 0 aromatic heterocycles. The van der Waals surface area contributed by atoms with Gasteiger partial charge >= 0.3 is 11.9 Å². The molecular weight excluding hydrogens is 212 g/mol. The number of carbonyl (C=O) groups excluding carboxylic acids is 3. The van der Waals surface area contributed by atoms with Gasteiger partial charge in [-0.25, -0.2) is 0 Å². The number of hydrogen-bond donors (Lipinski definition) is 0. The molecule has 0 aromatic carbocycles. The maximum absolute atomic E-state index is 11.9. The molecule has 1 rings (SSSR count). The van der Waals surface area contributed by atoms with E-state index in [-0.39, 0.29) is 12.2 Å². The number of ketones is 1. The largest absolute Gasteiger partial charge is 0.469 e. The van der Waals surface area contributed by atoms with Crippen molar-refractivity contribution in [2.24, 2.45) is 5.41 Å². The predicted octanol–water partition coefficient (Wildman–Crippen LogP) is 0.852. The molecule has 1 saturated carbocycles. The van der Waals surface area contributed by atoms with Crippen LogP contribution in [0.5, 0.6) is 0 Å². The summed E-state index contributed by atoms with van der Waals surface area (Å²) >= 11 is 0. The van der Waals surface area contributed by atoms with Crippen molar-refractivity contribution in [2.75, 3.05) is 14.2 Å². The summed E-state index contributed by atoms with van der Waals surface area (Å²) in [6, 6.07) is 0. The second-order valence-electron chi connectivity index (χ2n) is 3.96. The lowest BCUT2D eigenvalue weighted by molar-refractivity contribution is -0.166. The fraction of sp³-hybridized carbons (Fsp3) is 0.727. The summed E-state index contributed by atoms with van der Waals surface area (Å²) in [4.78, 5) is 34.8. The Labute approximate surface area is 94.1 Å². The first-order valence-electron chi connectivity index (χ1n) is 5.25. The fourth-order valence-corrected chi connectivity index (χ4v) is 2.08. The molecule has 0 aromatic rings. The maximum Gasteiger partial charge on any atom is 0.319 e. The van der Waals surface area contributed by atoms with Crippen LogP contribution in [-0.2, 0) is 23.9 Å². The van der Waals surface area contributed by atoms with Crippen LogP contribution in [0.4, 0.5) is 0 Å². The molecule has 0 heterocycles. The summed E-state index contributed by atoms with van der Waals surface area (Å²) in [7, 11) is 2.46. The summed E-state index contributed by atoms with van der Waals surface area (Å²) in [6.07, 6.45) is 1.99.